The van der Waals surface area contributed by atoms with Crippen molar-refractivity contribution < 1.29 is 8.42 Å². The van der Waals surface area contributed by atoms with E-state index >= 15 is 0 Å². The number of nitrogens with one attached hydrogen (secondary N) is 1. The van der Waals surface area contributed by atoms with Crippen molar-refractivity contribution in [2.75, 3.05) is 19.3 Å². The zero-order chi connectivity index (χ0) is 14.6. The lowest BCUT2D eigenvalue weighted by molar-refractivity contribution is 0.238. The zero-order valence-electron chi connectivity index (χ0n) is 11.6. The molecule has 1 aromatic rings. The molecule has 0 radical (unpaired) electrons. The van der Waals surface area contributed by atoms with Gasteiger partial charge >= 0.3 is 0 Å². The standard InChI is InChI=1S/C12H21N5O2S/c1-20(18,19)17-6-2-3-10(9-17)7-12(16-13)11-4-5-14-15-8-11/h4-5,8,10,12,16H,2-3,6-7,9,13H2,1H3. The molecular formula is C12H21N5O2S. The first-order valence-corrected chi connectivity index (χ1v) is 8.53. The molecule has 2 atom stereocenters. The van der Waals surface area contributed by atoms with Crippen molar-refractivity contribution in [3.63, 3.8) is 0 Å². The van der Waals surface area contributed by atoms with Gasteiger partial charge in [0.15, 0.2) is 0 Å². The average Bonchev–Trinajstić information content (AvgIpc) is 2.45. The summed E-state index contributed by atoms with van der Waals surface area (Å²) in [6.07, 6.45) is 7.27. The first-order chi connectivity index (χ1) is 9.50. The highest BCUT2D eigenvalue weighted by Crippen LogP contribution is 2.27. The van der Waals surface area contributed by atoms with Crippen LogP contribution in [0.5, 0.6) is 0 Å². The van der Waals surface area contributed by atoms with E-state index in [0.717, 1.165) is 24.8 Å². The SMILES string of the molecule is CS(=O)(=O)N1CCCC(CC(NN)c2ccnnc2)C1. The predicted molar refractivity (Wildman–Crippen MR) is 75.9 cm³/mol. The quantitative estimate of drug-likeness (QED) is 0.588. The predicted octanol–water partition coefficient (Wildman–Crippen LogP) is 0.0427. The van der Waals surface area contributed by atoms with Crippen LogP contribution in [0.4, 0.5) is 0 Å². The molecule has 1 fully saturated rings. The second kappa shape index (κ2) is 6.57. The highest BCUT2D eigenvalue weighted by atomic mass is 32.2. The van der Waals surface area contributed by atoms with Crippen molar-refractivity contribution in [2.45, 2.75) is 25.3 Å². The second-order valence-corrected chi connectivity index (χ2v) is 7.24. The fourth-order valence-electron chi connectivity index (χ4n) is 2.66. The molecule has 1 aliphatic rings. The number of aromatic nitrogens is 2. The maximum Gasteiger partial charge on any atom is 0.211 e. The Balaban J connectivity index is 2.01. The van der Waals surface area contributed by atoms with Crippen LogP contribution >= 0.6 is 0 Å². The topological polar surface area (TPSA) is 101 Å². The number of hydrazine groups is 1. The molecule has 1 aromatic heterocycles. The Labute approximate surface area is 119 Å². The molecule has 2 heterocycles. The molecule has 3 N–H and O–H groups in total. The molecule has 0 bridgehead atoms. The lowest BCUT2D eigenvalue weighted by Crippen LogP contribution is -2.41. The van der Waals surface area contributed by atoms with Gasteiger partial charge in [0.05, 0.1) is 12.5 Å². The van der Waals surface area contributed by atoms with E-state index < -0.39 is 10.0 Å². The summed E-state index contributed by atoms with van der Waals surface area (Å²) in [5.41, 5.74) is 3.75. The van der Waals surface area contributed by atoms with Gasteiger partial charge in [-0.1, -0.05) is 0 Å². The maximum atomic E-state index is 11.6. The molecule has 0 aromatic carbocycles. The van der Waals surface area contributed by atoms with E-state index in [2.05, 4.69) is 15.6 Å². The van der Waals surface area contributed by atoms with Crippen LogP contribution in [0.25, 0.3) is 0 Å². The molecule has 1 saturated heterocycles. The van der Waals surface area contributed by atoms with Crippen molar-refractivity contribution in [3.8, 4) is 0 Å². The highest BCUT2D eigenvalue weighted by molar-refractivity contribution is 7.88. The molecule has 0 aliphatic carbocycles. The van der Waals surface area contributed by atoms with Crippen LogP contribution in [0.15, 0.2) is 18.5 Å². The van der Waals surface area contributed by atoms with E-state index in [-0.39, 0.29) is 6.04 Å². The summed E-state index contributed by atoms with van der Waals surface area (Å²) in [5, 5.41) is 7.60. The van der Waals surface area contributed by atoms with Gasteiger partial charge in [0.2, 0.25) is 10.0 Å². The summed E-state index contributed by atoms with van der Waals surface area (Å²) < 4.78 is 24.8. The van der Waals surface area contributed by atoms with E-state index in [9.17, 15) is 8.42 Å². The lowest BCUT2D eigenvalue weighted by atomic mass is 9.90. The van der Waals surface area contributed by atoms with Crippen molar-refractivity contribution in [2.24, 2.45) is 11.8 Å². The van der Waals surface area contributed by atoms with Gasteiger partial charge in [0, 0.05) is 25.3 Å². The number of rotatable bonds is 5. The Morgan fingerprint density at radius 3 is 2.95 bits per heavy atom. The fraction of sp³-hybridized carbons (Fsp3) is 0.667. The molecule has 0 amide bonds. The molecule has 2 rings (SSSR count). The van der Waals surface area contributed by atoms with Gasteiger partial charge in [-0.25, -0.2) is 12.7 Å². The van der Waals surface area contributed by atoms with Crippen LogP contribution in [-0.2, 0) is 10.0 Å². The van der Waals surface area contributed by atoms with Crippen LogP contribution in [-0.4, -0.2) is 42.3 Å². The fourth-order valence-corrected chi connectivity index (χ4v) is 3.60. The Hall–Kier alpha value is -1.09. The molecule has 7 nitrogen and oxygen atoms in total. The van der Waals surface area contributed by atoms with Crippen LogP contribution < -0.4 is 11.3 Å². The third-order valence-electron chi connectivity index (χ3n) is 3.73. The van der Waals surface area contributed by atoms with Gasteiger partial charge in [-0.2, -0.15) is 10.2 Å². The minimum Gasteiger partial charge on any atom is -0.271 e. The third kappa shape index (κ3) is 3.95. The van der Waals surface area contributed by atoms with Gasteiger partial charge in [-0.15, -0.1) is 0 Å². The summed E-state index contributed by atoms with van der Waals surface area (Å²) in [6.45, 7) is 1.18. The Morgan fingerprint density at radius 1 is 1.55 bits per heavy atom. The van der Waals surface area contributed by atoms with E-state index in [1.165, 1.54) is 6.26 Å². The van der Waals surface area contributed by atoms with Crippen molar-refractivity contribution in [1.29, 1.82) is 0 Å². The monoisotopic (exact) mass is 299 g/mol. The minimum atomic E-state index is -3.11. The van der Waals surface area contributed by atoms with Crippen LogP contribution in [0.1, 0.15) is 30.9 Å². The number of hydrogen-bond acceptors (Lipinski definition) is 6. The molecule has 1 aliphatic heterocycles. The second-order valence-electron chi connectivity index (χ2n) is 5.26. The van der Waals surface area contributed by atoms with Gasteiger partial charge in [-0.3, -0.25) is 11.3 Å². The van der Waals surface area contributed by atoms with E-state index in [1.54, 1.807) is 16.7 Å². The van der Waals surface area contributed by atoms with E-state index in [0.29, 0.717) is 19.0 Å². The van der Waals surface area contributed by atoms with Crippen LogP contribution in [0.2, 0.25) is 0 Å². The summed E-state index contributed by atoms with van der Waals surface area (Å²) in [6, 6.07) is 1.84. The summed E-state index contributed by atoms with van der Waals surface area (Å²) in [5.74, 6) is 5.91. The van der Waals surface area contributed by atoms with Crippen LogP contribution in [0.3, 0.4) is 0 Å². The largest absolute Gasteiger partial charge is 0.271 e. The van der Waals surface area contributed by atoms with Gasteiger partial charge in [-0.05, 0) is 36.8 Å². The summed E-state index contributed by atoms with van der Waals surface area (Å²) >= 11 is 0. The lowest BCUT2D eigenvalue weighted by Gasteiger charge is -2.32. The van der Waals surface area contributed by atoms with E-state index in [1.807, 2.05) is 6.07 Å². The Bertz CT molecular complexity index is 522. The molecule has 20 heavy (non-hydrogen) atoms. The summed E-state index contributed by atoms with van der Waals surface area (Å²) in [7, 11) is -3.11. The van der Waals surface area contributed by atoms with Gasteiger partial charge < -0.3 is 0 Å². The Kier molecular flexibility index (Phi) is 5.03. The normalized spacial score (nSPS) is 22.6. The average molecular weight is 299 g/mol. The van der Waals surface area contributed by atoms with Crippen LogP contribution in [0, 0.1) is 5.92 Å². The first kappa shape index (κ1) is 15.3. The van der Waals surface area contributed by atoms with Gasteiger partial charge in [0.1, 0.15) is 0 Å². The van der Waals surface area contributed by atoms with E-state index in [4.69, 9.17) is 5.84 Å². The molecule has 0 spiro atoms. The molecular weight excluding hydrogens is 278 g/mol. The molecule has 112 valence electrons. The van der Waals surface area contributed by atoms with Crippen molar-refractivity contribution in [1.82, 2.24) is 19.9 Å². The van der Waals surface area contributed by atoms with Crippen molar-refractivity contribution in [3.05, 3.63) is 24.0 Å². The molecule has 0 saturated carbocycles. The number of nitrogens with two attached hydrogens (primary N) is 1. The summed E-state index contributed by atoms with van der Waals surface area (Å²) in [4.78, 5) is 0. The number of hydrogen-bond donors (Lipinski definition) is 2. The third-order valence-corrected chi connectivity index (χ3v) is 5.00. The number of piperidine rings is 1. The number of sulfonamides is 1. The number of nitrogens with zero attached hydrogens (tertiary/aromatic N) is 3. The van der Waals surface area contributed by atoms with Crippen molar-refractivity contribution >= 4 is 10.0 Å². The molecule has 2 unspecified atom stereocenters. The smallest absolute Gasteiger partial charge is 0.211 e. The maximum absolute atomic E-state index is 11.6. The first-order valence-electron chi connectivity index (χ1n) is 6.68. The highest BCUT2D eigenvalue weighted by Gasteiger charge is 2.27. The molecule has 8 heteroatoms. The van der Waals surface area contributed by atoms with Gasteiger partial charge in [0.25, 0.3) is 0 Å². The Morgan fingerprint density at radius 2 is 2.35 bits per heavy atom. The minimum absolute atomic E-state index is 0.0324. The zero-order valence-corrected chi connectivity index (χ0v) is 12.4.